The number of carbonyl (C=O) groups excluding carboxylic acids is 1. The summed E-state index contributed by atoms with van der Waals surface area (Å²) >= 11 is 3.34. The molecule has 21 heavy (non-hydrogen) atoms. The molecule has 0 amide bonds. The van der Waals surface area contributed by atoms with E-state index in [2.05, 4.69) is 20.9 Å². The van der Waals surface area contributed by atoms with Crippen LogP contribution in [-0.4, -0.2) is 11.0 Å². The van der Waals surface area contributed by atoms with Crippen molar-refractivity contribution >= 4 is 45.2 Å². The maximum absolute atomic E-state index is 12.2. The standard InChI is InChI=1S/C16H10BrNO2.ClH/c17-13-8-2-1-7-12(13)16(19)20-14-9-3-5-11-6-4-10-18-15(11)14;/h1-10H;1H. The Kier molecular flexibility index (Phi) is 4.94. The Hall–Kier alpha value is -1.91. The number of nitrogens with zero attached hydrogens (tertiary/aromatic N) is 1. The number of carbonyl (C=O) groups is 1. The molecule has 3 aromatic rings. The SMILES string of the molecule is Cl.O=C(Oc1cccc2cccnc12)c1ccccc1Br. The normalized spacial score (nSPS) is 9.95. The Morgan fingerprint density at radius 2 is 1.76 bits per heavy atom. The fourth-order valence-corrected chi connectivity index (χ4v) is 2.39. The molecule has 0 saturated heterocycles. The molecule has 5 heteroatoms. The van der Waals surface area contributed by atoms with Crippen molar-refractivity contribution in [3.63, 3.8) is 0 Å². The zero-order chi connectivity index (χ0) is 13.9. The van der Waals surface area contributed by atoms with Gasteiger partial charge in [0.25, 0.3) is 0 Å². The maximum atomic E-state index is 12.2. The molecule has 2 aromatic carbocycles. The van der Waals surface area contributed by atoms with Crippen LogP contribution >= 0.6 is 28.3 Å². The van der Waals surface area contributed by atoms with Gasteiger partial charge in [-0.2, -0.15) is 0 Å². The van der Waals surface area contributed by atoms with Crippen LogP contribution < -0.4 is 4.74 Å². The van der Waals surface area contributed by atoms with Gasteiger partial charge in [0.2, 0.25) is 0 Å². The van der Waals surface area contributed by atoms with Crippen LogP contribution in [0.1, 0.15) is 10.4 Å². The minimum absolute atomic E-state index is 0. The van der Waals surface area contributed by atoms with Crippen molar-refractivity contribution in [3.8, 4) is 5.75 Å². The number of fused-ring (bicyclic) bond motifs is 1. The first-order valence-electron chi connectivity index (χ1n) is 6.06. The van der Waals surface area contributed by atoms with E-state index >= 15 is 0 Å². The second-order valence-electron chi connectivity index (χ2n) is 4.20. The highest BCUT2D eigenvalue weighted by atomic mass is 79.9. The van der Waals surface area contributed by atoms with Crippen molar-refractivity contribution in [2.75, 3.05) is 0 Å². The van der Waals surface area contributed by atoms with Gasteiger partial charge < -0.3 is 4.74 Å². The summed E-state index contributed by atoms with van der Waals surface area (Å²) in [6.07, 6.45) is 1.68. The lowest BCUT2D eigenvalue weighted by Crippen LogP contribution is -2.09. The summed E-state index contributed by atoms with van der Waals surface area (Å²) in [5.41, 5.74) is 1.16. The molecule has 0 fully saturated rings. The van der Waals surface area contributed by atoms with Gasteiger partial charge in [-0.1, -0.05) is 30.3 Å². The third-order valence-electron chi connectivity index (χ3n) is 2.89. The zero-order valence-corrected chi connectivity index (χ0v) is 13.2. The summed E-state index contributed by atoms with van der Waals surface area (Å²) in [4.78, 5) is 16.5. The van der Waals surface area contributed by atoms with E-state index in [-0.39, 0.29) is 12.4 Å². The second kappa shape index (κ2) is 6.70. The molecular weight excluding hydrogens is 354 g/mol. The number of hydrogen-bond donors (Lipinski definition) is 0. The summed E-state index contributed by atoms with van der Waals surface area (Å²) in [5, 5.41) is 0.935. The molecule has 0 radical (unpaired) electrons. The van der Waals surface area contributed by atoms with E-state index in [0.717, 1.165) is 5.39 Å². The predicted octanol–water partition coefficient (Wildman–Crippen LogP) is 4.64. The molecular formula is C16H11BrClNO2. The lowest BCUT2D eigenvalue weighted by atomic mass is 10.2. The van der Waals surface area contributed by atoms with Gasteiger partial charge in [0.1, 0.15) is 5.52 Å². The third kappa shape index (κ3) is 3.23. The minimum Gasteiger partial charge on any atom is -0.421 e. The fourth-order valence-electron chi connectivity index (χ4n) is 1.94. The van der Waals surface area contributed by atoms with Crippen LogP contribution in [0.5, 0.6) is 5.75 Å². The molecule has 0 spiro atoms. The van der Waals surface area contributed by atoms with E-state index in [1.165, 1.54) is 0 Å². The Morgan fingerprint density at radius 1 is 1.00 bits per heavy atom. The first-order chi connectivity index (χ1) is 9.75. The number of aromatic nitrogens is 1. The summed E-state index contributed by atoms with van der Waals surface area (Å²) in [5.74, 6) is 0.0551. The average Bonchev–Trinajstić information content (AvgIpc) is 2.48. The van der Waals surface area contributed by atoms with Crippen LogP contribution in [0.3, 0.4) is 0 Å². The van der Waals surface area contributed by atoms with E-state index < -0.39 is 5.97 Å². The first-order valence-corrected chi connectivity index (χ1v) is 6.85. The van der Waals surface area contributed by atoms with Crippen molar-refractivity contribution in [1.82, 2.24) is 4.98 Å². The zero-order valence-electron chi connectivity index (χ0n) is 10.8. The smallest absolute Gasteiger partial charge is 0.344 e. The largest absolute Gasteiger partial charge is 0.421 e. The molecule has 3 nitrogen and oxygen atoms in total. The Bertz CT molecular complexity index is 787. The number of esters is 1. The van der Waals surface area contributed by atoms with Gasteiger partial charge in [-0.15, -0.1) is 12.4 Å². The van der Waals surface area contributed by atoms with Crippen molar-refractivity contribution in [2.24, 2.45) is 0 Å². The minimum atomic E-state index is -0.407. The van der Waals surface area contributed by atoms with Gasteiger partial charge in [-0.05, 0) is 40.2 Å². The highest BCUT2D eigenvalue weighted by Gasteiger charge is 2.13. The van der Waals surface area contributed by atoms with Gasteiger partial charge in [-0.25, -0.2) is 4.79 Å². The molecule has 1 heterocycles. The molecule has 106 valence electrons. The highest BCUT2D eigenvalue weighted by molar-refractivity contribution is 9.10. The second-order valence-corrected chi connectivity index (χ2v) is 5.05. The van der Waals surface area contributed by atoms with Crippen LogP contribution in [0, 0.1) is 0 Å². The molecule has 0 N–H and O–H groups in total. The van der Waals surface area contributed by atoms with Gasteiger partial charge in [0, 0.05) is 16.1 Å². The average molecular weight is 365 g/mol. The Labute approximate surface area is 136 Å². The molecule has 0 aliphatic rings. The Balaban J connectivity index is 0.00000161. The van der Waals surface area contributed by atoms with E-state index in [9.17, 15) is 4.79 Å². The number of rotatable bonds is 2. The first kappa shape index (κ1) is 15.5. The van der Waals surface area contributed by atoms with Gasteiger partial charge in [-0.3, -0.25) is 4.98 Å². The monoisotopic (exact) mass is 363 g/mol. The topological polar surface area (TPSA) is 39.2 Å². The predicted molar refractivity (Wildman–Crippen MR) is 88.1 cm³/mol. The fraction of sp³-hybridized carbons (Fsp3) is 0. The summed E-state index contributed by atoms with van der Waals surface area (Å²) in [7, 11) is 0. The quantitative estimate of drug-likeness (QED) is 0.491. The van der Waals surface area contributed by atoms with E-state index in [0.29, 0.717) is 21.3 Å². The number of pyridine rings is 1. The third-order valence-corrected chi connectivity index (χ3v) is 3.58. The molecule has 0 bridgehead atoms. The van der Waals surface area contributed by atoms with Crippen LogP contribution in [0.15, 0.2) is 65.3 Å². The van der Waals surface area contributed by atoms with Crippen molar-refractivity contribution in [1.29, 1.82) is 0 Å². The molecule has 0 unspecified atom stereocenters. The summed E-state index contributed by atoms with van der Waals surface area (Å²) in [6.45, 7) is 0. The number of halogens is 2. The molecule has 0 atom stereocenters. The van der Waals surface area contributed by atoms with Crippen LogP contribution in [0.4, 0.5) is 0 Å². The summed E-state index contributed by atoms with van der Waals surface area (Å²) < 4.78 is 6.17. The molecule has 0 saturated carbocycles. The number of para-hydroxylation sites is 1. The molecule has 0 aliphatic carbocycles. The highest BCUT2D eigenvalue weighted by Crippen LogP contribution is 2.25. The van der Waals surface area contributed by atoms with Gasteiger partial charge in [0.15, 0.2) is 5.75 Å². The lowest BCUT2D eigenvalue weighted by Gasteiger charge is -2.07. The Morgan fingerprint density at radius 3 is 2.57 bits per heavy atom. The summed E-state index contributed by atoms with van der Waals surface area (Å²) in [6, 6.07) is 16.4. The van der Waals surface area contributed by atoms with Crippen LogP contribution in [0.25, 0.3) is 10.9 Å². The lowest BCUT2D eigenvalue weighted by molar-refractivity contribution is 0.0736. The number of ether oxygens (including phenoxy) is 1. The van der Waals surface area contributed by atoms with E-state index in [1.807, 2.05) is 30.3 Å². The number of benzene rings is 2. The van der Waals surface area contributed by atoms with Crippen LogP contribution in [0.2, 0.25) is 0 Å². The number of hydrogen-bond acceptors (Lipinski definition) is 3. The van der Waals surface area contributed by atoms with Crippen molar-refractivity contribution < 1.29 is 9.53 Å². The van der Waals surface area contributed by atoms with Crippen LogP contribution in [-0.2, 0) is 0 Å². The van der Waals surface area contributed by atoms with Gasteiger partial charge >= 0.3 is 5.97 Å². The molecule has 3 rings (SSSR count). The maximum Gasteiger partial charge on any atom is 0.344 e. The van der Waals surface area contributed by atoms with Crippen molar-refractivity contribution in [2.45, 2.75) is 0 Å². The molecule has 0 aliphatic heterocycles. The molecule has 1 aromatic heterocycles. The van der Waals surface area contributed by atoms with E-state index in [4.69, 9.17) is 4.74 Å². The van der Waals surface area contributed by atoms with E-state index in [1.54, 1.807) is 30.5 Å². The van der Waals surface area contributed by atoms with Crippen molar-refractivity contribution in [3.05, 3.63) is 70.8 Å². The van der Waals surface area contributed by atoms with Gasteiger partial charge in [0.05, 0.1) is 5.56 Å².